The van der Waals surface area contributed by atoms with Gasteiger partial charge in [-0.2, -0.15) is 0 Å². The molecule has 1 unspecified atom stereocenters. The van der Waals surface area contributed by atoms with E-state index < -0.39 is 23.8 Å². The minimum Gasteiger partial charge on any atom is -0.507 e. The van der Waals surface area contributed by atoms with Gasteiger partial charge in [0, 0.05) is 37.1 Å². The van der Waals surface area contributed by atoms with Crippen LogP contribution in [0.15, 0.2) is 48.3 Å². The van der Waals surface area contributed by atoms with E-state index in [4.69, 9.17) is 21.1 Å². The van der Waals surface area contributed by atoms with Crippen LogP contribution in [0.1, 0.15) is 36.9 Å². The van der Waals surface area contributed by atoms with Gasteiger partial charge >= 0.3 is 6.09 Å². The number of aromatic nitrogens is 1. The second kappa shape index (κ2) is 10.4. The van der Waals surface area contributed by atoms with Crippen LogP contribution < -0.4 is 4.74 Å². The van der Waals surface area contributed by atoms with E-state index in [1.807, 2.05) is 0 Å². The highest BCUT2D eigenvalue weighted by atomic mass is 35.5. The van der Waals surface area contributed by atoms with Gasteiger partial charge in [-0.1, -0.05) is 11.6 Å². The summed E-state index contributed by atoms with van der Waals surface area (Å²) in [5.74, 6) is -1.37. The molecular formula is C25H26ClN3O6. The second-order valence-corrected chi connectivity index (χ2v) is 8.66. The fourth-order valence-electron chi connectivity index (χ4n) is 4.61. The molecule has 2 aromatic rings. The van der Waals surface area contributed by atoms with Gasteiger partial charge in [0.2, 0.25) is 0 Å². The lowest BCUT2D eigenvalue weighted by Crippen LogP contribution is -2.48. The maximum atomic E-state index is 13.3. The summed E-state index contributed by atoms with van der Waals surface area (Å²) in [5.41, 5.74) is 0.924. The summed E-state index contributed by atoms with van der Waals surface area (Å²) in [6.07, 6.45) is 3.70. The number of hydrogen-bond acceptors (Lipinski definition) is 7. The predicted octanol–water partition coefficient (Wildman–Crippen LogP) is 3.79. The van der Waals surface area contributed by atoms with Crippen molar-refractivity contribution in [3.63, 3.8) is 0 Å². The molecule has 1 aromatic carbocycles. The normalized spacial score (nSPS) is 20.3. The smallest absolute Gasteiger partial charge is 0.409 e. The quantitative estimate of drug-likeness (QED) is 0.378. The van der Waals surface area contributed by atoms with Crippen molar-refractivity contribution in [2.45, 2.75) is 31.8 Å². The van der Waals surface area contributed by atoms with Gasteiger partial charge in [-0.15, -0.1) is 0 Å². The molecule has 2 amide bonds. The molecule has 4 rings (SSSR count). The van der Waals surface area contributed by atoms with Gasteiger partial charge in [-0.25, -0.2) is 4.79 Å². The SMILES string of the molecule is CCOC(=O)N1CCC(N2C(=O)C(=O)/C(=C(/O)c3ccc(OC)c(Cl)c3)C2c2ccncc2)CC1. The van der Waals surface area contributed by atoms with Gasteiger partial charge in [0.1, 0.15) is 11.5 Å². The molecule has 1 atom stereocenters. The molecule has 3 heterocycles. The number of rotatable bonds is 5. The number of ether oxygens (including phenoxy) is 2. The first-order valence-corrected chi connectivity index (χ1v) is 11.7. The molecule has 0 saturated carbocycles. The van der Waals surface area contributed by atoms with Crippen molar-refractivity contribution in [3.8, 4) is 5.75 Å². The molecule has 2 saturated heterocycles. The number of aliphatic hydroxyl groups is 1. The summed E-state index contributed by atoms with van der Waals surface area (Å²) >= 11 is 6.24. The van der Waals surface area contributed by atoms with Crippen molar-refractivity contribution in [3.05, 3.63) is 64.4 Å². The van der Waals surface area contributed by atoms with Crippen LogP contribution in [-0.4, -0.2) is 70.5 Å². The molecule has 1 N–H and O–H groups in total. The Morgan fingerprint density at radius 3 is 2.46 bits per heavy atom. The monoisotopic (exact) mass is 499 g/mol. The number of pyridine rings is 1. The van der Waals surface area contributed by atoms with Crippen molar-refractivity contribution in [2.24, 2.45) is 0 Å². The minimum atomic E-state index is -0.807. The lowest BCUT2D eigenvalue weighted by atomic mass is 9.94. The maximum absolute atomic E-state index is 13.3. The summed E-state index contributed by atoms with van der Waals surface area (Å²) < 4.78 is 10.2. The third kappa shape index (κ3) is 4.68. The lowest BCUT2D eigenvalue weighted by molar-refractivity contribution is -0.142. The topological polar surface area (TPSA) is 109 Å². The molecule has 184 valence electrons. The standard InChI is InChI=1S/C25H26ClN3O6/c1-3-35-25(33)28-12-8-17(9-13-28)29-21(15-6-10-27-11-7-15)20(23(31)24(29)32)22(30)16-4-5-19(34-2)18(26)14-16/h4-7,10-11,14,17,21,30H,3,8-9,12-13H2,1-2H3/b22-20+. The number of amides is 2. The molecule has 2 aliphatic heterocycles. The Morgan fingerprint density at radius 1 is 1.17 bits per heavy atom. The van der Waals surface area contributed by atoms with E-state index in [2.05, 4.69) is 4.98 Å². The van der Waals surface area contributed by atoms with Crippen LogP contribution in [-0.2, 0) is 14.3 Å². The van der Waals surface area contributed by atoms with E-state index in [0.717, 1.165) is 0 Å². The fourth-order valence-corrected chi connectivity index (χ4v) is 4.87. The Bertz CT molecular complexity index is 1160. The number of carbonyl (C=O) groups is 3. The Kier molecular flexibility index (Phi) is 7.25. The summed E-state index contributed by atoms with van der Waals surface area (Å²) in [6.45, 7) is 2.81. The number of piperidine rings is 1. The van der Waals surface area contributed by atoms with E-state index in [0.29, 0.717) is 42.8 Å². The molecule has 0 radical (unpaired) electrons. The Labute approximate surface area is 207 Å². The Morgan fingerprint density at radius 2 is 1.86 bits per heavy atom. The van der Waals surface area contributed by atoms with E-state index in [9.17, 15) is 19.5 Å². The molecule has 35 heavy (non-hydrogen) atoms. The number of ketones is 1. The van der Waals surface area contributed by atoms with E-state index in [-0.39, 0.29) is 29.0 Å². The van der Waals surface area contributed by atoms with Crippen molar-refractivity contribution >= 4 is 35.1 Å². The lowest BCUT2D eigenvalue weighted by Gasteiger charge is -2.38. The van der Waals surface area contributed by atoms with E-state index in [1.54, 1.807) is 48.5 Å². The van der Waals surface area contributed by atoms with E-state index >= 15 is 0 Å². The predicted molar refractivity (Wildman–Crippen MR) is 128 cm³/mol. The molecule has 1 aromatic heterocycles. The van der Waals surface area contributed by atoms with Crippen molar-refractivity contribution in [2.75, 3.05) is 26.8 Å². The second-order valence-electron chi connectivity index (χ2n) is 8.25. The average Bonchev–Trinajstić information content (AvgIpc) is 3.14. The number of nitrogens with zero attached hydrogens (tertiary/aromatic N) is 3. The van der Waals surface area contributed by atoms with Gasteiger partial charge in [0.25, 0.3) is 11.7 Å². The van der Waals surface area contributed by atoms with Gasteiger partial charge in [0.05, 0.1) is 30.4 Å². The van der Waals surface area contributed by atoms with Crippen LogP contribution in [0.4, 0.5) is 4.79 Å². The highest BCUT2D eigenvalue weighted by Gasteiger charge is 2.49. The van der Waals surface area contributed by atoms with Gasteiger partial charge in [0.15, 0.2) is 0 Å². The van der Waals surface area contributed by atoms with Crippen molar-refractivity contribution in [1.29, 1.82) is 0 Å². The number of aliphatic hydroxyl groups excluding tert-OH is 1. The number of likely N-dealkylation sites (tertiary alicyclic amines) is 2. The number of carbonyl (C=O) groups excluding carboxylic acids is 3. The van der Waals surface area contributed by atoms with Crippen molar-refractivity contribution < 1.29 is 29.0 Å². The van der Waals surface area contributed by atoms with Crippen LogP contribution in [0, 0.1) is 0 Å². The fraction of sp³-hybridized carbons (Fsp3) is 0.360. The van der Waals surface area contributed by atoms with Crippen LogP contribution in [0.5, 0.6) is 5.75 Å². The number of halogens is 1. The number of Topliss-reactive ketones (excluding diaryl/α,β-unsaturated/α-hetero) is 1. The molecule has 2 aliphatic rings. The van der Waals surface area contributed by atoms with Crippen molar-refractivity contribution in [1.82, 2.24) is 14.8 Å². The zero-order valence-corrected chi connectivity index (χ0v) is 20.2. The third-order valence-corrected chi connectivity index (χ3v) is 6.61. The first kappa shape index (κ1) is 24.5. The van der Waals surface area contributed by atoms with Gasteiger partial charge in [-0.05, 0) is 55.7 Å². The zero-order chi connectivity index (χ0) is 25.1. The molecular weight excluding hydrogens is 474 g/mol. The van der Waals surface area contributed by atoms with E-state index in [1.165, 1.54) is 18.1 Å². The summed E-state index contributed by atoms with van der Waals surface area (Å²) in [4.78, 5) is 45.8. The summed E-state index contributed by atoms with van der Waals surface area (Å²) in [7, 11) is 1.48. The Hall–Kier alpha value is -3.59. The van der Waals surface area contributed by atoms with Crippen LogP contribution in [0.3, 0.4) is 0 Å². The average molecular weight is 500 g/mol. The summed E-state index contributed by atoms with van der Waals surface area (Å²) in [5, 5.41) is 11.5. The highest BCUT2D eigenvalue weighted by molar-refractivity contribution is 6.46. The zero-order valence-electron chi connectivity index (χ0n) is 19.4. The maximum Gasteiger partial charge on any atom is 0.409 e. The Balaban J connectivity index is 1.73. The highest BCUT2D eigenvalue weighted by Crippen LogP contribution is 2.42. The third-order valence-electron chi connectivity index (χ3n) is 6.31. The molecule has 0 bridgehead atoms. The minimum absolute atomic E-state index is 0.0183. The molecule has 0 spiro atoms. The summed E-state index contributed by atoms with van der Waals surface area (Å²) in [6, 6.07) is 6.97. The molecule has 10 heteroatoms. The first-order valence-electron chi connectivity index (χ1n) is 11.3. The largest absolute Gasteiger partial charge is 0.507 e. The van der Waals surface area contributed by atoms with Gasteiger partial charge < -0.3 is 24.4 Å². The van der Waals surface area contributed by atoms with Crippen LogP contribution in [0.2, 0.25) is 5.02 Å². The molecule has 9 nitrogen and oxygen atoms in total. The number of hydrogen-bond donors (Lipinski definition) is 1. The number of benzene rings is 1. The van der Waals surface area contributed by atoms with Crippen LogP contribution >= 0.6 is 11.6 Å². The van der Waals surface area contributed by atoms with Crippen LogP contribution in [0.25, 0.3) is 5.76 Å². The first-order chi connectivity index (χ1) is 16.9. The van der Waals surface area contributed by atoms with Gasteiger partial charge in [-0.3, -0.25) is 14.6 Å². The number of methoxy groups -OCH3 is 1. The molecule has 2 fully saturated rings. The molecule has 0 aliphatic carbocycles.